The molecular formula is C19H17ClN4O3. The lowest BCUT2D eigenvalue weighted by atomic mass is 10.2. The third kappa shape index (κ3) is 4.45. The van der Waals surface area contributed by atoms with Crippen molar-refractivity contribution in [2.75, 3.05) is 18.3 Å². The highest BCUT2D eigenvalue weighted by Crippen LogP contribution is 2.20. The third-order valence-electron chi connectivity index (χ3n) is 3.67. The van der Waals surface area contributed by atoms with Gasteiger partial charge in [0.25, 0.3) is 11.8 Å². The van der Waals surface area contributed by atoms with E-state index in [0.29, 0.717) is 5.75 Å². The first kappa shape index (κ1) is 18.5. The van der Waals surface area contributed by atoms with Crippen molar-refractivity contribution in [3.8, 4) is 5.75 Å². The number of hydrazine groups is 1. The summed E-state index contributed by atoms with van der Waals surface area (Å²) in [5, 5.41) is 4.07. The molecular weight excluding hydrogens is 368 g/mol. The van der Waals surface area contributed by atoms with E-state index in [9.17, 15) is 9.59 Å². The molecule has 0 atom stereocenters. The van der Waals surface area contributed by atoms with Crippen molar-refractivity contribution >= 4 is 41.1 Å². The molecule has 7 nitrogen and oxygen atoms in total. The fraction of sp³-hybridized carbons (Fsp3) is 0.105. The maximum atomic E-state index is 12.7. The van der Waals surface area contributed by atoms with Crippen LogP contribution >= 0.6 is 11.6 Å². The molecule has 2 aromatic carbocycles. The van der Waals surface area contributed by atoms with E-state index in [-0.39, 0.29) is 17.5 Å². The molecule has 27 heavy (non-hydrogen) atoms. The molecule has 2 N–H and O–H groups in total. The number of guanidine groups is 1. The Morgan fingerprint density at radius 2 is 1.89 bits per heavy atom. The molecule has 0 radical (unpaired) electrons. The molecule has 138 valence electrons. The third-order valence-corrected chi connectivity index (χ3v) is 3.91. The lowest BCUT2D eigenvalue weighted by Crippen LogP contribution is -2.49. The van der Waals surface area contributed by atoms with Crippen molar-refractivity contribution < 1.29 is 14.3 Å². The molecule has 3 rings (SSSR count). The number of methoxy groups -OCH3 is 1. The van der Waals surface area contributed by atoms with Gasteiger partial charge in [-0.1, -0.05) is 30.3 Å². The molecule has 2 amide bonds. The molecule has 8 heteroatoms. The van der Waals surface area contributed by atoms with Gasteiger partial charge in [-0.15, -0.1) is 11.6 Å². The quantitative estimate of drug-likeness (QED) is 0.613. The molecule has 1 aliphatic rings. The van der Waals surface area contributed by atoms with Gasteiger partial charge in [-0.25, -0.2) is 4.99 Å². The number of halogens is 1. The lowest BCUT2D eigenvalue weighted by molar-refractivity contribution is -0.132. The minimum Gasteiger partial charge on any atom is -0.497 e. The van der Waals surface area contributed by atoms with E-state index in [4.69, 9.17) is 16.3 Å². The van der Waals surface area contributed by atoms with Crippen LogP contribution in [-0.4, -0.2) is 35.8 Å². The molecule has 2 aromatic rings. The average Bonchev–Trinajstić information content (AvgIpc) is 2.98. The number of benzene rings is 2. The number of nitrogens with one attached hydrogen (secondary N) is 2. The zero-order valence-electron chi connectivity index (χ0n) is 14.5. The average molecular weight is 385 g/mol. The second-order valence-corrected chi connectivity index (χ2v) is 5.81. The van der Waals surface area contributed by atoms with Crippen LogP contribution in [0.25, 0.3) is 6.08 Å². The number of hydrogen-bond acceptors (Lipinski definition) is 5. The van der Waals surface area contributed by atoms with E-state index in [1.165, 1.54) is 0 Å². The number of para-hydroxylation sites is 1. The van der Waals surface area contributed by atoms with Gasteiger partial charge in [0, 0.05) is 5.69 Å². The van der Waals surface area contributed by atoms with Crippen molar-refractivity contribution in [1.29, 1.82) is 0 Å². The summed E-state index contributed by atoms with van der Waals surface area (Å²) in [5.41, 5.74) is 4.11. The molecule has 0 spiro atoms. The Bertz CT molecular complexity index is 895. The summed E-state index contributed by atoms with van der Waals surface area (Å²) in [6.45, 7) is 0. The van der Waals surface area contributed by atoms with Crippen molar-refractivity contribution in [3.63, 3.8) is 0 Å². The topological polar surface area (TPSA) is 83.0 Å². The highest BCUT2D eigenvalue weighted by Gasteiger charge is 2.32. The Hall–Kier alpha value is -3.32. The van der Waals surface area contributed by atoms with Gasteiger partial charge in [-0.2, -0.15) is 5.01 Å². The molecule has 0 fully saturated rings. The zero-order chi connectivity index (χ0) is 19.2. The first-order valence-corrected chi connectivity index (χ1v) is 8.60. The maximum Gasteiger partial charge on any atom is 0.298 e. The number of carbonyl (C=O) groups is 2. The van der Waals surface area contributed by atoms with Crippen LogP contribution in [-0.2, 0) is 9.59 Å². The lowest BCUT2D eigenvalue weighted by Gasteiger charge is -2.19. The molecule has 0 aliphatic carbocycles. The molecule has 0 bridgehead atoms. The van der Waals surface area contributed by atoms with Crippen LogP contribution in [0.5, 0.6) is 5.75 Å². The second-order valence-electron chi connectivity index (χ2n) is 5.54. The number of carbonyl (C=O) groups excluding carboxylic acids is 2. The molecule has 1 aliphatic heterocycles. The number of ether oxygens (including phenoxy) is 1. The van der Waals surface area contributed by atoms with E-state index in [1.807, 2.05) is 30.3 Å². The highest BCUT2D eigenvalue weighted by molar-refractivity contribution is 6.28. The molecule has 0 aromatic heterocycles. The van der Waals surface area contributed by atoms with Crippen LogP contribution in [0.2, 0.25) is 0 Å². The summed E-state index contributed by atoms with van der Waals surface area (Å²) in [6, 6.07) is 16.4. The van der Waals surface area contributed by atoms with Crippen LogP contribution < -0.4 is 15.5 Å². The smallest absolute Gasteiger partial charge is 0.298 e. The predicted molar refractivity (Wildman–Crippen MR) is 104 cm³/mol. The zero-order valence-corrected chi connectivity index (χ0v) is 15.2. The Labute approximate surface area is 161 Å². The number of aliphatic imine (C=N–C) groups is 1. The minimum absolute atomic E-state index is 0.175. The standard InChI is InChI=1S/C19H17ClN4O3/c1-27-15-9-7-13(8-10-15)11-16-18(26)24(23-17(25)12-20)19(22-16)21-14-5-3-2-4-6-14/h2-11H,12H2,1H3,(H,21,22)(H,23,25)/b16-11-. The van der Waals surface area contributed by atoms with Gasteiger partial charge in [-0.05, 0) is 35.9 Å². The summed E-state index contributed by atoms with van der Waals surface area (Å²) in [7, 11) is 1.58. The van der Waals surface area contributed by atoms with Crippen molar-refractivity contribution in [3.05, 3.63) is 65.9 Å². The number of alkyl halides is 1. The SMILES string of the molecule is COc1ccc(/C=C2\N=C(Nc3ccccc3)N(NC(=O)CCl)C2=O)cc1. The van der Waals surface area contributed by atoms with Crippen LogP contribution in [0.1, 0.15) is 5.56 Å². The van der Waals surface area contributed by atoms with Crippen molar-refractivity contribution in [2.24, 2.45) is 4.99 Å². The van der Waals surface area contributed by atoms with Crippen LogP contribution in [0.15, 0.2) is 65.3 Å². The van der Waals surface area contributed by atoms with Gasteiger partial charge in [0.15, 0.2) is 0 Å². The number of anilines is 1. The second kappa shape index (κ2) is 8.37. The predicted octanol–water partition coefficient (Wildman–Crippen LogP) is 2.62. The van der Waals surface area contributed by atoms with Crippen LogP contribution in [0.4, 0.5) is 5.69 Å². The van der Waals surface area contributed by atoms with E-state index in [1.54, 1.807) is 37.5 Å². The fourth-order valence-electron chi connectivity index (χ4n) is 2.37. The minimum atomic E-state index is -0.515. The van der Waals surface area contributed by atoms with Gasteiger partial charge < -0.3 is 10.1 Å². The summed E-state index contributed by atoms with van der Waals surface area (Å²) in [4.78, 5) is 28.7. The summed E-state index contributed by atoms with van der Waals surface area (Å²) >= 11 is 5.54. The molecule has 0 saturated heterocycles. The summed E-state index contributed by atoms with van der Waals surface area (Å²) in [5.74, 6) is -0.369. The van der Waals surface area contributed by atoms with Gasteiger partial charge in [0.1, 0.15) is 17.3 Å². The van der Waals surface area contributed by atoms with Crippen molar-refractivity contribution in [1.82, 2.24) is 10.4 Å². The number of amides is 2. The first-order valence-electron chi connectivity index (χ1n) is 8.07. The Morgan fingerprint density at radius 3 is 2.52 bits per heavy atom. The number of rotatable bonds is 5. The molecule has 0 unspecified atom stereocenters. The van der Waals surface area contributed by atoms with Gasteiger partial charge in [-0.3, -0.25) is 15.0 Å². The van der Waals surface area contributed by atoms with Gasteiger partial charge in [0.05, 0.1) is 7.11 Å². The fourth-order valence-corrected chi connectivity index (χ4v) is 2.43. The van der Waals surface area contributed by atoms with Crippen LogP contribution in [0.3, 0.4) is 0 Å². The van der Waals surface area contributed by atoms with E-state index < -0.39 is 11.8 Å². The van der Waals surface area contributed by atoms with E-state index in [0.717, 1.165) is 16.3 Å². The first-order chi connectivity index (χ1) is 13.1. The molecule has 0 saturated carbocycles. The van der Waals surface area contributed by atoms with Gasteiger partial charge in [0.2, 0.25) is 5.96 Å². The van der Waals surface area contributed by atoms with E-state index >= 15 is 0 Å². The van der Waals surface area contributed by atoms with Crippen LogP contribution in [0, 0.1) is 0 Å². The number of nitrogens with zero attached hydrogens (tertiary/aromatic N) is 2. The normalized spacial score (nSPS) is 14.9. The van der Waals surface area contributed by atoms with Crippen molar-refractivity contribution in [2.45, 2.75) is 0 Å². The summed E-state index contributed by atoms with van der Waals surface area (Å²) < 4.78 is 5.12. The number of hydrogen-bond donors (Lipinski definition) is 2. The highest BCUT2D eigenvalue weighted by atomic mass is 35.5. The maximum absolute atomic E-state index is 12.7. The Kier molecular flexibility index (Phi) is 5.73. The van der Waals surface area contributed by atoms with E-state index in [2.05, 4.69) is 15.7 Å². The Morgan fingerprint density at radius 1 is 1.19 bits per heavy atom. The monoisotopic (exact) mass is 384 g/mol. The summed E-state index contributed by atoms with van der Waals surface area (Å²) in [6.07, 6.45) is 1.63. The molecule has 1 heterocycles. The largest absolute Gasteiger partial charge is 0.497 e. The Balaban J connectivity index is 1.90. The van der Waals surface area contributed by atoms with Gasteiger partial charge >= 0.3 is 0 Å².